The molecule has 2 aliphatic rings. The van der Waals surface area contributed by atoms with Crippen molar-refractivity contribution >= 4 is 6.03 Å². The third-order valence-corrected chi connectivity index (χ3v) is 3.94. The molecule has 16 heavy (non-hydrogen) atoms. The molecule has 92 valence electrons. The number of rotatable bonds is 2. The highest BCUT2D eigenvalue weighted by molar-refractivity contribution is 5.74. The number of nitrogens with one attached hydrogen (secondary N) is 1. The Morgan fingerprint density at radius 3 is 2.62 bits per heavy atom. The number of urea groups is 1. The second kappa shape index (κ2) is 5.04. The van der Waals surface area contributed by atoms with Crippen molar-refractivity contribution in [3.05, 3.63) is 0 Å². The van der Waals surface area contributed by atoms with Crippen molar-refractivity contribution in [1.82, 2.24) is 10.2 Å². The van der Waals surface area contributed by atoms with E-state index in [4.69, 9.17) is 5.73 Å². The summed E-state index contributed by atoms with van der Waals surface area (Å²) >= 11 is 0. The maximum atomic E-state index is 11.9. The summed E-state index contributed by atoms with van der Waals surface area (Å²) in [5, 5.41) is 3.13. The first-order chi connectivity index (χ1) is 7.66. The zero-order valence-electron chi connectivity index (χ0n) is 10.1. The first kappa shape index (κ1) is 11.7. The number of nitrogens with zero attached hydrogens (tertiary/aromatic N) is 1. The summed E-state index contributed by atoms with van der Waals surface area (Å²) in [4.78, 5) is 13.9. The predicted octanol–water partition coefficient (Wildman–Crippen LogP) is 1.31. The van der Waals surface area contributed by atoms with Crippen LogP contribution in [0.2, 0.25) is 0 Å². The van der Waals surface area contributed by atoms with E-state index in [0.29, 0.717) is 12.0 Å². The molecule has 0 bridgehead atoms. The third kappa shape index (κ3) is 2.67. The van der Waals surface area contributed by atoms with Gasteiger partial charge in [0.2, 0.25) is 0 Å². The van der Waals surface area contributed by atoms with Crippen molar-refractivity contribution in [2.24, 2.45) is 11.7 Å². The SMILES string of the molecule is CC(N)C1CCN(C(=O)NC2CCCC2)C1. The van der Waals surface area contributed by atoms with Gasteiger partial charge in [-0.1, -0.05) is 12.8 Å². The molecule has 2 unspecified atom stereocenters. The summed E-state index contributed by atoms with van der Waals surface area (Å²) in [6.07, 6.45) is 5.86. The van der Waals surface area contributed by atoms with E-state index in [9.17, 15) is 4.79 Å². The van der Waals surface area contributed by atoms with Gasteiger partial charge in [-0.05, 0) is 32.1 Å². The Bertz CT molecular complexity index is 249. The van der Waals surface area contributed by atoms with Gasteiger partial charge >= 0.3 is 6.03 Å². The largest absolute Gasteiger partial charge is 0.335 e. The second-order valence-electron chi connectivity index (χ2n) is 5.28. The van der Waals surface area contributed by atoms with Crippen molar-refractivity contribution in [3.8, 4) is 0 Å². The average molecular weight is 225 g/mol. The zero-order chi connectivity index (χ0) is 11.5. The molecule has 2 fully saturated rings. The molecule has 2 amide bonds. The Hall–Kier alpha value is -0.770. The monoisotopic (exact) mass is 225 g/mol. The van der Waals surface area contributed by atoms with Crippen LogP contribution in [0.4, 0.5) is 4.79 Å². The van der Waals surface area contributed by atoms with Crippen LogP contribution in [-0.4, -0.2) is 36.1 Å². The van der Waals surface area contributed by atoms with Crippen LogP contribution < -0.4 is 11.1 Å². The van der Waals surface area contributed by atoms with Crippen LogP contribution >= 0.6 is 0 Å². The van der Waals surface area contributed by atoms with E-state index in [0.717, 1.165) is 32.4 Å². The number of hydrogen-bond donors (Lipinski definition) is 2. The maximum absolute atomic E-state index is 11.9. The fourth-order valence-electron chi connectivity index (χ4n) is 2.74. The summed E-state index contributed by atoms with van der Waals surface area (Å²) in [5.41, 5.74) is 5.87. The highest BCUT2D eigenvalue weighted by Crippen LogP contribution is 2.21. The third-order valence-electron chi connectivity index (χ3n) is 3.94. The Morgan fingerprint density at radius 1 is 1.38 bits per heavy atom. The average Bonchev–Trinajstić information content (AvgIpc) is 2.86. The summed E-state index contributed by atoms with van der Waals surface area (Å²) in [7, 11) is 0. The van der Waals surface area contributed by atoms with E-state index in [1.165, 1.54) is 12.8 Å². The first-order valence-electron chi connectivity index (χ1n) is 6.48. The molecule has 1 aliphatic carbocycles. The minimum atomic E-state index is 0.120. The van der Waals surface area contributed by atoms with E-state index in [2.05, 4.69) is 5.32 Å². The van der Waals surface area contributed by atoms with E-state index < -0.39 is 0 Å². The maximum Gasteiger partial charge on any atom is 0.317 e. The summed E-state index contributed by atoms with van der Waals surface area (Å²) < 4.78 is 0. The van der Waals surface area contributed by atoms with Gasteiger partial charge in [0.15, 0.2) is 0 Å². The molecule has 1 aliphatic heterocycles. The fraction of sp³-hybridized carbons (Fsp3) is 0.917. The lowest BCUT2D eigenvalue weighted by Gasteiger charge is -2.21. The molecule has 1 heterocycles. The number of carbonyl (C=O) groups excluding carboxylic acids is 1. The molecule has 1 saturated heterocycles. The summed E-state index contributed by atoms with van der Waals surface area (Å²) in [6, 6.07) is 0.737. The molecule has 4 heteroatoms. The standard InChI is InChI=1S/C12H23N3O/c1-9(13)10-6-7-15(8-10)12(16)14-11-4-2-3-5-11/h9-11H,2-8,13H2,1H3,(H,14,16). The molecule has 2 atom stereocenters. The highest BCUT2D eigenvalue weighted by Gasteiger charge is 2.29. The van der Waals surface area contributed by atoms with Crippen LogP contribution in [-0.2, 0) is 0 Å². The highest BCUT2D eigenvalue weighted by atomic mass is 16.2. The van der Waals surface area contributed by atoms with E-state index in [1.54, 1.807) is 0 Å². The van der Waals surface area contributed by atoms with Crippen LogP contribution in [0.5, 0.6) is 0 Å². The van der Waals surface area contributed by atoms with Crippen molar-refractivity contribution in [2.45, 2.75) is 51.1 Å². The minimum Gasteiger partial charge on any atom is -0.335 e. The predicted molar refractivity (Wildman–Crippen MR) is 64.1 cm³/mol. The van der Waals surface area contributed by atoms with Gasteiger partial charge in [-0.2, -0.15) is 0 Å². The molecular weight excluding hydrogens is 202 g/mol. The van der Waals surface area contributed by atoms with Crippen LogP contribution in [0.1, 0.15) is 39.0 Å². The normalized spacial score (nSPS) is 28.4. The van der Waals surface area contributed by atoms with Gasteiger partial charge in [0.05, 0.1) is 0 Å². The van der Waals surface area contributed by atoms with Crippen molar-refractivity contribution in [2.75, 3.05) is 13.1 Å². The van der Waals surface area contributed by atoms with Gasteiger partial charge in [-0.25, -0.2) is 4.79 Å². The molecule has 0 aromatic rings. The molecule has 1 saturated carbocycles. The van der Waals surface area contributed by atoms with E-state index >= 15 is 0 Å². The van der Waals surface area contributed by atoms with Gasteiger partial charge < -0.3 is 16.0 Å². The van der Waals surface area contributed by atoms with Gasteiger partial charge in [0.25, 0.3) is 0 Å². The Balaban J connectivity index is 1.77. The molecule has 0 radical (unpaired) electrons. The molecule has 2 rings (SSSR count). The van der Waals surface area contributed by atoms with Gasteiger partial charge in [0.1, 0.15) is 0 Å². The van der Waals surface area contributed by atoms with Crippen molar-refractivity contribution in [1.29, 1.82) is 0 Å². The minimum absolute atomic E-state index is 0.120. The van der Waals surface area contributed by atoms with Crippen molar-refractivity contribution in [3.63, 3.8) is 0 Å². The van der Waals surface area contributed by atoms with E-state index in [-0.39, 0.29) is 12.1 Å². The molecular formula is C12H23N3O. The lowest BCUT2D eigenvalue weighted by Crippen LogP contribution is -2.43. The number of likely N-dealkylation sites (tertiary alicyclic amines) is 1. The number of carbonyl (C=O) groups is 1. The van der Waals surface area contributed by atoms with Gasteiger partial charge in [-0.15, -0.1) is 0 Å². The Morgan fingerprint density at radius 2 is 2.06 bits per heavy atom. The molecule has 0 aromatic heterocycles. The number of hydrogen-bond acceptors (Lipinski definition) is 2. The van der Waals surface area contributed by atoms with Gasteiger partial charge in [-0.3, -0.25) is 0 Å². The lowest BCUT2D eigenvalue weighted by atomic mass is 10.0. The molecule has 0 spiro atoms. The fourth-order valence-corrected chi connectivity index (χ4v) is 2.74. The quantitative estimate of drug-likeness (QED) is 0.744. The van der Waals surface area contributed by atoms with Crippen molar-refractivity contribution < 1.29 is 4.79 Å². The smallest absolute Gasteiger partial charge is 0.317 e. The Labute approximate surface area is 97.6 Å². The molecule has 4 nitrogen and oxygen atoms in total. The lowest BCUT2D eigenvalue weighted by molar-refractivity contribution is 0.202. The first-order valence-corrected chi connectivity index (χ1v) is 6.48. The molecule has 3 N–H and O–H groups in total. The van der Waals surface area contributed by atoms with Crippen LogP contribution in [0.25, 0.3) is 0 Å². The topological polar surface area (TPSA) is 58.4 Å². The van der Waals surface area contributed by atoms with Crippen LogP contribution in [0.15, 0.2) is 0 Å². The summed E-state index contributed by atoms with van der Waals surface area (Å²) in [5.74, 6) is 0.481. The molecule has 0 aromatic carbocycles. The zero-order valence-corrected chi connectivity index (χ0v) is 10.1. The number of amides is 2. The van der Waals surface area contributed by atoms with Gasteiger partial charge in [0, 0.05) is 25.2 Å². The second-order valence-corrected chi connectivity index (χ2v) is 5.28. The number of nitrogens with two attached hydrogens (primary N) is 1. The van der Waals surface area contributed by atoms with Crippen LogP contribution in [0.3, 0.4) is 0 Å². The Kier molecular flexibility index (Phi) is 3.69. The summed E-state index contributed by atoms with van der Waals surface area (Å²) in [6.45, 7) is 3.73. The van der Waals surface area contributed by atoms with Crippen LogP contribution in [0, 0.1) is 5.92 Å². The van der Waals surface area contributed by atoms with E-state index in [1.807, 2.05) is 11.8 Å².